The van der Waals surface area contributed by atoms with E-state index in [1.807, 2.05) is 0 Å². The maximum absolute atomic E-state index is 12.8. The van der Waals surface area contributed by atoms with Crippen LogP contribution in [0.3, 0.4) is 0 Å². The molecule has 3 amide bonds. The molecule has 1 aromatic carbocycles. The predicted octanol–water partition coefficient (Wildman–Crippen LogP) is 3.74. The van der Waals surface area contributed by atoms with E-state index in [0.717, 1.165) is 30.6 Å². The Hall–Kier alpha value is -3.03. The van der Waals surface area contributed by atoms with Crippen LogP contribution in [0.15, 0.2) is 23.9 Å². The SMILES string of the molecule is CCCCC(CC)COC(=O)C(C)N1C(=O)NC(=Cc2ccc(OC)c(OC)c2)C1=O. The highest BCUT2D eigenvalue weighted by Crippen LogP contribution is 2.29. The third-order valence-corrected chi connectivity index (χ3v) is 5.36. The highest BCUT2D eigenvalue weighted by molar-refractivity contribution is 6.15. The molecule has 0 spiro atoms. The molecule has 170 valence electrons. The van der Waals surface area contributed by atoms with Gasteiger partial charge >= 0.3 is 12.0 Å². The van der Waals surface area contributed by atoms with Crippen LogP contribution >= 0.6 is 0 Å². The Balaban J connectivity index is 2.08. The Morgan fingerprint density at radius 1 is 1.16 bits per heavy atom. The molecule has 1 saturated heterocycles. The van der Waals surface area contributed by atoms with Gasteiger partial charge in [0.05, 0.1) is 20.8 Å². The average molecular weight is 433 g/mol. The third kappa shape index (κ3) is 5.99. The van der Waals surface area contributed by atoms with Crippen LogP contribution in [0.1, 0.15) is 52.0 Å². The number of carbonyl (C=O) groups excluding carboxylic acids is 3. The zero-order chi connectivity index (χ0) is 23.0. The zero-order valence-corrected chi connectivity index (χ0v) is 18.9. The molecule has 1 heterocycles. The van der Waals surface area contributed by atoms with E-state index >= 15 is 0 Å². The maximum atomic E-state index is 12.8. The van der Waals surface area contributed by atoms with Crippen LogP contribution in [-0.2, 0) is 14.3 Å². The van der Waals surface area contributed by atoms with Gasteiger partial charge < -0.3 is 19.5 Å². The third-order valence-electron chi connectivity index (χ3n) is 5.36. The quantitative estimate of drug-likeness (QED) is 0.325. The fourth-order valence-electron chi connectivity index (χ4n) is 3.33. The van der Waals surface area contributed by atoms with E-state index in [9.17, 15) is 14.4 Å². The highest BCUT2D eigenvalue weighted by atomic mass is 16.5. The fraction of sp³-hybridized carbons (Fsp3) is 0.522. The molecule has 2 atom stereocenters. The number of esters is 1. The lowest BCUT2D eigenvalue weighted by atomic mass is 10.0. The summed E-state index contributed by atoms with van der Waals surface area (Å²) in [4.78, 5) is 38.6. The first-order chi connectivity index (χ1) is 14.9. The Labute approximate surface area is 183 Å². The molecule has 0 bridgehead atoms. The first kappa shape index (κ1) is 24.2. The van der Waals surface area contributed by atoms with Crippen molar-refractivity contribution in [2.24, 2.45) is 5.92 Å². The van der Waals surface area contributed by atoms with Gasteiger partial charge in [0.1, 0.15) is 11.7 Å². The number of amides is 3. The average Bonchev–Trinajstić information content (AvgIpc) is 3.05. The van der Waals surface area contributed by atoms with Crippen LogP contribution in [0.2, 0.25) is 0 Å². The summed E-state index contributed by atoms with van der Waals surface area (Å²) in [5, 5.41) is 2.53. The van der Waals surface area contributed by atoms with Crippen LogP contribution in [0.25, 0.3) is 6.08 Å². The van der Waals surface area contributed by atoms with Crippen LogP contribution < -0.4 is 14.8 Å². The van der Waals surface area contributed by atoms with Crippen molar-refractivity contribution in [2.75, 3.05) is 20.8 Å². The Morgan fingerprint density at radius 2 is 1.87 bits per heavy atom. The van der Waals surface area contributed by atoms with E-state index in [4.69, 9.17) is 14.2 Å². The number of hydrogen-bond donors (Lipinski definition) is 1. The van der Waals surface area contributed by atoms with Gasteiger partial charge in [-0.1, -0.05) is 39.2 Å². The molecule has 1 aliphatic heterocycles. The van der Waals surface area contributed by atoms with Crippen LogP contribution in [0.5, 0.6) is 11.5 Å². The molecule has 2 rings (SSSR count). The van der Waals surface area contributed by atoms with Gasteiger partial charge in [-0.05, 0) is 43.0 Å². The highest BCUT2D eigenvalue weighted by Gasteiger charge is 2.40. The number of unbranched alkanes of at least 4 members (excludes halogenated alkanes) is 1. The number of benzene rings is 1. The molecule has 1 aromatic rings. The summed E-state index contributed by atoms with van der Waals surface area (Å²) in [6.45, 7) is 5.95. The van der Waals surface area contributed by atoms with Gasteiger partial charge in [0.2, 0.25) is 0 Å². The second-order valence-electron chi connectivity index (χ2n) is 7.50. The fourth-order valence-corrected chi connectivity index (χ4v) is 3.33. The first-order valence-corrected chi connectivity index (χ1v) is 10.6. The minimum atomic E-state index is -1.02. The molecule has 31 heavy (non-hydrogen) atoms. The summed E-state index contributed by atoms with van der Waals surface area (Å²) in [5.74, 6) is 0.150. The van der Waals surface area contributed by atoms with Gasteiger partial charge in [0.15, 0.2) is 11.5 Å². The number of imide groups is 1. The Kier molecular flexibility index (Phi) is 8.90. The van der Waals surface area contributed by atoms with Crippen molar-refractivity contribution in [1.82, 2.24) is 10.2 Å². The number of carbonyl (C=O) groups is 3. The summed E-state index contributed by atoms with van der Waals surface area (Å²) in [6, 6.07) is 3.45. The largest absolute Gasteiger partial charge is 0.493 e. The minimum absolute atomic E-state index is 0.0752. The number of nitrogens with one attached hydrogen (secondary N) is 1. The van der Waals surface area contributed by atoms with E-state index in [1.165, 1.54) is 27.2 Å². The molecule has 0 saturated carbocycles. The van der Waals surface area contributed by atoms with E-state index in [2.05, 4.69) is 19.2 Å². The van der Waals surface area contributed by atoms with Gasteiger partial charge in [-0.25, -0.2) is 14.5 Å². The van der Waals surface area contributed by atoms with Crippen molar-refractivity contribution in [2.45, 2.75) is 52.5 Å². The molecular weight excluding hydrogens is 400 g/mol. The molecule has 2 unspecified atom stereocenters. The summed E-state index contributed by atoms with van der Waals surface area (Å²) < 4.78 is 15.9. The van der Waals surface area contributed by atoms with Gasteiger partial charge in [0, 0.05) is 0 Å². The second kappa shape index (κ2) is 11.4. The predicted molar refractivity (Wildman–Crippen MR) is 117 cm³/mol. The molecule has 0 radical (unpaired) electrons. The Morgan fingerprint density at radius 3 is 2.48 bits per heavy atom. The lowest BCUT2D eigenvalue weighted by Crippen LogP contribution is -2.44. The lowest BCUT2D eigenvalue weighted by Gasteiger charge is -2.21. The smallest absolute Gasteiger partial charge is 0.329 e. The topological polar surface area (TPSA) is 94.2 Å². The van der Waals surface area contributed by atoms with Crippen molar-refractivity contribution >= 4 is 24.0 Å². The first-order valence-electron chi connectivity index (χ1n) is 10.6. The molecule has 8 heteroatoms. The molecule has 1 aliphatic rings. The van der Waals surface area contributed by atoms with Crippen molar-refractivity contribution in [3.8, 4) is 11.5 Å². The number of methoxy groups -OCH3 is 2. The normalized spacial score (nSPS) is 16.8. The lowest BCUT2D eigenvalue weighted by molar-refractivity contribution is -0.152. The van der Waals surface area contributed by atoms with Crippen molar-refractivity contribution in [3.63, 3.8) is 0 Å². The van der Waals surface area contributed by atoms with Crippen LogP contribution in [-0.4, -0.2) is 49.7 Å². The van der Waals surface area contributed by atoms with Crippen molar-refractivity contribution < 1.29 is 28.6 Å². The monoisotopic (exact) mass is 432 g/mol. The van der Waals surface area contributed by atoms with Crippen LogP contribution in [0.4, 0.5) is 4.79 Å². The molecule has 8 nitrogen and oxygen atoms in total. The summed E-state index contributed by atoms with van der Waals surface area (Å²) in [5.41, 5.74) is 0.714. The van der Waals surface area contributed by atoms with E-state index < -0.39 is 23.9 Å². The van der Waals surface area contributed by atoms with E-state index in [0.29, 0.717) is 17.1 Å². The van der Waals surface area contributed by atoms with E-state index in [-0.39, 0.29) is 18.2 Å². The van der Waals surface area contributed by atoms with Gasteiger partial charge in [-0.2, -0.15) is 0 Å². The zero-order valence-electron chi connectivity index (χ0n) is 18.9. The molecule has 0 aromatic heterocycles. The standard InChI is InChI=1S/C23H32N2O6/c1-6-8-9-16(7-2)14-31-22(27)15(3)25-21(26)18(24-23(25)28)12-17-10-11-19(29-4)20(13-17)30-5/h10-13,15-16H,6-9,14H2,1-5H3,(H,24,28). The minimum Gasteiger partial charge on any atom is -0.493 e. The molecule has 1 fully saturated rings. The van der Waals surface area contributed by atoms with Gasteiger partial charge in [-0.3, -0.25) is 4.79 Å². The van der Waals surface area contributed by atoms with Crippen molar-refractivity contribution in [3.05, 3.63) is 29.5 Å². The second-order valence-corrected chi connectivity index (χ2v) is 7.50. The van der Waals surface area contributed by atoms with Crippen molar-refractivity contribution in [1.29, 1.82) is 0 Å². The number of nitrogens with zero attached hydrogens (tertiary/aromatic N) is 1. The van der Waals surface area contributed by atoms with Gasteiger partial charge in [-0.15, -0.1) is 0 Å². The summed E-state index contributed by atoms with van der Waals surface area (Å²) in [6.07, 6.45) is 5.57. The summed E-state index contributed by atoms with van der Waals surface area (Å²) in [7, 11) is 3.04. The number of hydrogen-bond acceptors (Lipinski definition) is 6. The maximum Gasteiger partial charge on any atom is 0.329 e. The number of ether oxygens (including phenoxy) is 3. The van der Waals surface area contributed by atoms with Crippen LogP contribution in [0, 0.1) is 5.92 Å². The summed E-state index contributed by atoms with van der Waals surface area (Å²) >= 11 is 0. The molecular formula is C23H32N2O6. The number of rotatable bonds is 11. The Bertz CT molecular complexity index is 835. The van der Waals surface area contributed by atoms with E-state index in [1.54, 1.807) is 18.2 Å². The molecule has 1 N–H and O–H groups in total. The van der Waals surface area contributed by atoms with Gasteiger partial charge in [0.25, 0.3) is 5.91 Å². The number of urea groups is 1. The molecule has 0 aliphatic carbocycles.